The Balaban J connectivity index is 1.56. The van der Waals surface area contributed by atoms with Gasteiger partial charge in [-0.3, -0.25) is 4.79 Å². The number of carbonyl (C=O) groups is 1. The number of rotatable bonds is 2. The van der Waals surface area contributed by atoms with Crippen LogP contribution in [0.1, 0.15) is 46.7 Å². The Morgan fingerprint density at radius 1 is 1.43 bits per heavy atom. The quantitative estimate of drug-likeness (QED) is 0.898. The predicted octanol–water partition coefficient (Wildman–Crippen LogP) is 1.21. The van der Waals surface area contributed by atoms with E-state index in [-0.39, 0.29) is 11.9 Å². The van der Waals surface area contributed by atoms with Crippen LogP contribution < -0.4 is 5.32 Å². The van der Waals surface area contributed by atoms with Crippen molar-refractivity contribution >= 4 is 5.91 Å². The fraction of sp³-hybridized carbons (Fsp3) is 0.500. The number of nitrogens with one attached hydrogen (secondary N) is 1. The number of furan rings is 1. The number of fused-ring (bicyclic) bond motifs is 2. The Morgan fingerprint density at radius 2 is 2.38 bits per heavy atom. The summed E-state index contributed by atoms with van der Waals surface area (Å²) in [6, 6.07) is 1.93. The Morgan fingerprint density at radius 3 is 3.33 bits per heavy atom. The van der Waals surface area contributed by atoms with Crippen molar-refractivity contribution in [3.8, 4) is 0 Å². The molecule has 2 aliphatic rings. The molecule has 1 unspecified atom stereocenters. The molecule has 1 aliphatic carbocycles. The van der Waals surface area contributed by atoms with Crippen LogP contribution in [0.5, 0.6) is 0 Å². The number of hydrogen-bond acceptors (Lipinski definition) is 5. The van der Waals surface area contributed by atoms with Gasteiger partial charge in [0, 0.05) is 18.5 Å². The predicted molar refractivity (Wildman–Crippen MR) is 71.5 cm³/mol. The fourth-order valence-electron chi connectivity index (χ4n) is 3.02. The first-order chi connectivity index (χ1) is 10.3. The van der Waals surface area contributed by atoms with E-state index >= 15 is 0 Å². The zero-order chi connectivity index (χ0) is 14.2. The average molecular weight is 288 g/mol. The lowest BCUT2D eigenvalue weighted by atomic mass is 9.93. The third-order valence-electron chi connectivity index (χ3n) is 4.08. The molecule has 7 heteroatoms. The van der Waals surface area contributed by atoms with Crippen molar-refractivity contribution in [2.45, 2.75) is 38.5 Å². The molecule has 2 aromatic rings. The molecule has 3 heterocycles. The molecule has 0 saturated carbocycles. The largest absolute Gasteiger partial charge is 0.469 e. The van der Waals surface area contributed by atoms with Crippen molar-refractivity contribution in [3.63, 3.8) is 0 Å². The molecule has 4 rings (SSSR count). The van der Waals surface area contributed by atoms with Crippen LogP contribution >= 0.6 is 0 Å². The molecule has 0 spiro atoms. The summed E-state index contributed by atoms with van der Waals surface area (Å²) in [6.45, 7) is 1.61. The number of carbonyl (C=O) groups excluding carboxylic acids is 1. The van der Waals surface area contributed by atoms with Crippen molar-refractivity contribution in [1.82, 2.24) is 20.1 Å². The Hall–Kier alpha value is -2.15. The highest BCUT2D eigenvalue weighted by molar-refractivity contribution is 5.91. The topological polar surface area (TPSA) is 82.2 Å². The van der Waals surface area contributed by atoms with Gasteiger partial charge in [0.15, 0.2) is 5.82 Å². The van der Waals surface area contributed by atoms with Crippen LogP contribution in [-0.4, -0.2) is 27.3 Å². The van der Waals surface area contributed by atoms with Gasteiger partial charge in [0.2, 0.25) is 5.82 Å². The molecule has 1 atom stereocenters. The van der Waals surface area contributed by atoms with Crippen LogP contribution in [0.15, 0.2) is 16.7 Å². The summed E-state index contributed by atoms with van der Waals surface area (Å²) in [4.78, 5) is 12.5. The number of aromatic nitrogens is 3. The lowest BCUT2D eigenvalue weighted by Gasteiger charge is -2.23. The first-order valence-electron chi connectivity index (χ1n) is 7.20. The van der Waals surface area contributed by atoms with Crippen LogP contribution in [0.2, 0.25) is 0 Å². The van der Waals surface area contributed by atoms with Gasteiger partial charge < -0.3 is 19.0 Å². The molecule has 21 heavy (non-hydrogen) atoms. The summed E-state index contributed by atoms with van der Waals surface area (Å²) < 4.78 is 12.6. The molecule has 1 N–H and O–H groups in total. The van der Waals surface area contributed by atoms with Gasteiger partial charge in [-0.1, -0.05) is 0 Å². The molecule has 7 nitrogen and oxygen atoms in total. The molecule has 1 amide bonds. The SMILES string of the molecule is O=C(NC1CCCc2occc21)c1nnc2n1CCOC2. The van der Waals surface area contributed by atoms with Gasteiger partial charge in [-0.05, 0) is 18.9 Å². The lowest BCUT2D eigenvalue weighted by molar-refractivity contribution is 0.0774. The summed E-state index contributed by atoms with van der Waals surface area (Å²) in [5.74, 6) is 1.86. The second-order valence-corrected chi connectivity index (χ2v) is 5.36. The molecule has 0 radical (unpaired) electrons. The highest BCUT2D eigenvalue weighted by atomic mass is 16.5. The molecule has 2 aromatic heterocycles. The van der Waals surface area contributed by atoms with Crippen LogP contribution in [0.3, 0.4) is 0 Å². The van der Waals surface area contributed by atoms with E-state index < -0.39 is 0 Å². The monoisotopic (exact) mass is 288 g/mol. The van der Waals surface area contributed by atoms with E-state index in [2.05, 4.69) is 15.5 Å². The highest BCUT2D eigenvalue weighted by Gasteiger charge is 2.27. The molecule has 1 aliphatic heterocycles. The molecule has 0 aromatic carbocycles. The molecule has 110 valence electrons. The first-order valence-corrected chi connectivity index (χ1v) is 7.20. The molecule has 0 saturated heterocycles. The first kappa shape index (κ1) is 12.6. The second kappa shape index (κ2) is 5.00. The molecule has 0 bridgehead atoms. The van der Waals surface area contributed by atoms with Crippen molar-refractivity contribution in [1.29, 1.82) is 0 Å². The van der Waals surface area contributed by atoms with Gasteiger partial charge in [-0.25, -0.2) is 0 Å². The average Bonchev–Trinajstić information content (AvgIpc) is 3.14. The van der Waals surface area contributed by atoms with E-state index in [1.165, 1.54) is 0 Å². The van der Waals surface area contributed by atoms with Gasteiger partial charge in [-0.15, -0.1) is 10.2 Å². The maximum Gasteiger partial charge on any atom is 0.289 e. The van der Waals surface area contributed by atoms with Crippen LogP contribution in [0.25, 0.3) is 0 Å². The fourth-order valence-corrected chi connectivity index (χ4v) is 3.02. The van der Waals surface area contributed by atoms with E-state index in [0.29, 0.717) is 31.4 Å². The smallest absolute Gasteiger partial charge is 0.289 e. The van der Waals surface area contributed by atoms with Gasteiger partial charge in [0.1, 0.15) is 12.4 Å². The van der Waals surface area contributed by atoms with Crippen molar-refractivity contribution in [3.05, 3.63) is 35.3 Å². The maximum absolute atomic E-state index is 12.5. The van der Waals surface area contributed by atoms with E-state index in [0.717, 1.165) is 30.6 Å². The minimum absolute atomic E-state index is 0.00668. The number of amides is 1. The summed E-state index contributed by atoms with van der Waals surface area (Å²) in [7, 11) is 0. The summed E-state index contributed by atoms with van der Waals surface area (Å²) in [5.41, 5.74) is 1.08. The summed E-state index contributed by atoms with van der Waals surface area (Å²) in [6.07, 6.45) is 4.55. The Kier molecular flexibility index (Phi) is 2.99. The molecular formula is C14H16N4O3. The zero-order valence-corrected chi connectivity index (χ0v) is 11.5. The van der Waals surface area contributed by atoms with Gasteiger partial charge in [0.05, 0.1) is 18.9 Å². The Labute approximate surface area is 121 Å². The number of ether oxygens (including phenoxy) is 1. The number of aryl methyl sites for hydroxylation is 1. The van der Waals surface area contributed by atoms with E-state index in [1.807, 2.05) is 10.6 Å². The van der Waals surface area contributed by atoms with Crippen LogP contribution in [-0.2, 0) is 24.3 Å². The van der Waals surface area contributed by atoms with Crippen LogP contribution in [0.4, 0.5) is 0 Å². The maximum atomic E-state index is 12.5. The standard InChI is InChI=1S/C14H16N4O3/c19-14(13-17-16-12-8-20-7-5-18(12)13)15-10-2-1-3-11-9(10)4-6-21-11/h4,6,10H,1-3,5,7-8H2,(H,15,19). The third-order valence-corrected chi connectivity index (χ3v) is 4.08. The molecule has 0 fully saturated rings. The molecular weight excluding hydrogens is 272 g/mol. The van der Waals surface area contributed by atoms with Crippen molar-refractivity contribution < 1.29 is 13.9 Å². The Bertz CT molecular complexity index is 676. The van der Waals surface area contributed by atoms with Gasteiger partial charge in [0.25, 0.3) is 5.91 Å². The summed E-state index contributed by atoms with van der Waals surface area (Å²) >= 11 is 0. The number of hydrogen-bond donors (Lipinski definition) is 1. The van der Waals surface area contributed by atoms with Gasteiger partial charge in [-0.2, -0.15) is 0 Å². The van der Waals surface area contributed by atoms with Crippen LogP contribution in [0, 0.1) is 0 Å². The lowest BCUT2D eigenvalue weighted by Crippen LogP contribution is -2.33. The minimum Gasteiger partial charge on any atom is -0.469 e. The van der Waals surface area contributed by atoms with Crippen molar-refractivity contribution in [2.24, 2.45) is 0 Å². The van der Waals surface area contributed by atoms with E-state index in [4.69, 9.17) is 9.15 Å². The number of nitrogens with zero attached hydrogens (tertiary/aromatic N) is 3. The van der Waals surface area contributed by atoms with E-state index in [9.17, 15) is 4.79 Å². The zero-order valence-electron chi connectivity index (χ0n) is 11.5. The third kappa shape index (κ3) is 2.13. The van der Waals surface area contributed by atoms with Gasteiger partial charge >= 0.3 is 0 Å². The highest BCUT2D eigenvalue weighted by Crippen LogP contribution is 2.30. The summed E-state index contributed by atoms with van der Waals surface area (Å²) in [5, 5.41) is 11.1. The second-order valence-electron chi connectivity index (χ2n) is 5.36. The van der Waals surface area contributed by atoms with Crippen molar-refractivity contribution in [2.75, 3.05) is 6.61 Å². The normalized spacial score (nSPS) is 20.7. The minimum atomic E-state index is -0.185. The van der Waals surface area contributed by atoms with E-state index in [1.54, 1.807) is 6.26 Å².